The maximum Gasteiger partial charge on any atom is 0.305 e. The number of carboxylic acid groups (broad SMARTS) is 3. The van der Waals surface area contributed by atoms with Crippen LogP contribution in [0.1, 0.15) is 140 Å². The third kappa shape index (κ3) is 28.4. The van der Waals surface area contributed by atoms with E-state index in [1.54, 1.807) is 68.6 Å². The van der Waals surface area contributed by atoms with Crippen molar-refractivity contribution in [1.29, 1.82) is 0 Å². The second-order valence-corrected chi connectivity index (χ2v) is 34.6. The summed E-state index contributed by atoms with van der Waals surface area (Å²) in [5, 5.41) is 89.3. The third-order valence-electron chi connectivity index (χ3n) is 23.9. The van der Waals surface area contributed by atoms with E-state index in [0.717, 1.165) is 24.5 Å². The first kappa shape index (κ1) is 103. The maximum atomic E-state index is 15.7. The number of H-pyrrole nitrogens is 2. The highest BCUT2D eigenvalue weighted by molar-refractivity contribution is 8.00. The number of phenolic OH excluding ortho intramolecular Hbond substituents is 1. The number of primary amides is 1. The number of aliphatic hydroxyl groups is 2. The predicted molar refractivity (Wildman–Crippen MR) is 477 cm³/mol. The highest BCUT2D eigenvalue weighted by Gasteiger charge is 2.47. The molecule has 722 valence electrons. The molecule has 133 heavy (non-hydrogen) atoms. The first-order valence-corrected chi connectivity index (χ1v) is 45.4. The SMILES string of the molecule is CCCC[C@H]1C(=O)N(C)[C@@H](CCCC)C(=O)N[C@@H](CCC(=O)O)C(=O)N[C@H](C(=O)NCC(N)=O)CSCC(=O)N[C@@H](Cc2ccc(O)cc2)C(=O)N2CCCC[C@H]2C(=O)N[C@@H](CC(=O)O)C(=O)N2CCC[C@H]2C(=O)N[C@@H](CN)C(=O)N[C@@H](CCC(=O)O)C(=O)N2C[C@H](O)C[C@H]2C(=O)N[C@@H](Cc2c[nH]c3ccccc23)C(=O)N[C@@H](CO)C(=O)N[C@@H](Cc2c[nH]c3ccccc23)C(=O)N1C. The van der Waals surface area contributed by atoms with Crippen LogP contribution in [0.2, 0.25) is 0 Å². The number of fused-ring (bicyclic) bond motifs is 5. The molecule has 4 fully saturated rings. The third-order valence-corrected chi connectivity index (χ3v) is 25.0. The Bertz CT molecular complexity index is 5070. The van der Waals surface area contributed by atoms with Crippen molar-refractivity contribution in [2.75, 3.05) is 64.9 Å². The number of aliphatic hydroxyl groups excluding tert-OH is 2. The highest BCUT2D eigenvalue weighted by atomic mass is 32.2. The molecule has 0 aliphatic carbocycles. The Morgan fingerprint density at radius 2 is 0.970 bits per heavy atom. The molecule has 0 radical (unpaired) electrons. The summed E-state index contributed by atoms with van der Waals surface area (Å²) in [4.78, 5) is 284. The normalized spacial score (nSPS) is 25.4. The molecular formula is C88H119N19O25S. The van der Waals surface area contributed by atoms with E-state index >= 15 is 38.4 Å². The van der Waals surface area contributed by atoms with Gasteiger partial charge in [-0.05, 0) is 98.7 Å². The summed E-state index contributed by atoms with van der Waals surface area (Å²) in [7, 11) is 2.56. The molecule has 2 aromatic heterocycles. The summed E-state index contributed by atoms with van der Waals surface area (Å²) < 4.78 is 0. The molecule has 6 heterocycles. The van der Waals surface area contributed by atoms with Gasteiger partial charge >= 0.3 is 17.9 Å². The van der Waals surface area contributed by atoms with Gasteiger partial charge in [0.15, 0.2) is 0 Å². The van der Waals surface area contributed by atoms with Crippen LogP contribution in [0.15, 0.2) is 85.2 Å². The molecule has 4 aliphatic heterocycles. The zero-order valence-electron chi connectivity index (χ0n) is 74.3. The summed E-state index contributed by atoms with van der Waals surface area (Å²) in [5.41, 5.74) is 14.0. The summed E-state index contributed by atoms with van der Waals surface area (Å²) in [6, 6.07) is -4.32. The maximum absolute atomic E-state index is 15.7. The average Bonchev–Trinajstić information content (AvgIpc) is 1.16. The Morgan fingerprint density at radius 3 is 1.56 bits per heavy atom. The number of aliphatic carboxylic acids is 3. The van der Waals surface area contributed by atoms with Crippen LogP contribution in [0.4, 0.5) is 0 Å². The first-order chi connectivity index (χ1) is 63.4. The molecule has 0 bridgehead atoms. The molecule has 5 aromatic rings. The fraction of sp³-hybridized carbons (Fsp3) is 0.534. The van der Waals surface area contributed by atoms with Gasteiger partial charge in [0.25, 0.3) is 0 Å². The van der Waals surface area contributed by atoms with E-state index in [2.05, 4.69) is 63.1 Å². The number of piperidine rings is 1. The molecule has 0 spiro atoms. The number of likely N-dealkylation sites (N-methyl/N-ethyl adjacent to an activating group) is 2. The molecule has 9 rings (SSSR count). The first-order valence-electron chi connectivity index (χ1n) is 44.3. The molecule has 0 saturated carbocycles. The predicted octanol–water partition coefficient (Wildman–Crippen LogP) is -3.38. The number of carbonyl (C=O) groups excluding carboxylic acids is 16. The number of hydrogen-bond donors (Lipinski definition) is 20. The minimum absolute atomic E-state index is 0.0656. The summed E-state index contributed by atoms with van der Waals surface area (Å²) in [6.45, 7) is -0.0369. The van der Waals surface area contributed by atoms with E-state index in [1.165, 1.54) is 44.6 Å². The molecular weight excluding hydrogens is 1760 g/mol. The Kier molecular flexibility index (Phi) is 38.3. The van der Waals surface area contributed by atoms with E-state index in [4.69, 9.17) is 11.5 Å². The van der Waals surface area contributed by atoms with Gasteiger partial charge in [0.05, 0.1) is 31.4 Å². The lowest BCUT2D eigenvalue weighted by Gasteiger charge is -2.38. The molecule has 3 aromatic carbocycles. The lowest BCUT2D eigenvalue weighted by atomic mass is 9.97. The number of thioether (sulfide) groups is 1. The number of aromatic hydroxyl groups is 1. The van der Waals surface area contributed by atoms with Gasteiger partial charge in [-0.3, -0.25) is 91.1 Å². The van der Waals surface area contributed by atoms with Crippen LogP contribution in [-0.4, -0.2) is 333 Å². The zero-order chi connectivity index (χ0) is 97.0. The largest absolute Gasteiger partial charge is 0.508 e. The Labute approximate surface area is 768 Å². The minimum atomic E-state index is -1.95. The topological polar surface area (TPSA) is 666 Å². The molecule has 22 N–H and O–H groups in total. The van der Waals surface area contributed by atoms with E-state index in [1.807, 2.05) is 0 Å². The number of para-hydroxylation sites is 2. The number of aromatic amines is 2. The van der Waals surface area contributed by atoms with Crippen LogP contribution in [0, 0.1) is 0 Å². The molecule has 4 aliphatic rings. The number of carbonyl (C=O) groups is 19. The van der Waals surface area contributed by atoms with Crippen molar-refractivity contribution < 1.29 is 122 Å². The number of unbranched alkanes of at least 4 members (excludes halogenated alkanes) is 2. The van der Waals surface area contributed by atoms with Gasteiger partial charge in [0, 0.05) is 119 Å². The number of nitrogens with zero attached hydrogens (tertiary/aromatic N) is 5. The number of nitrogens with two attached hydrogens (primary N) is 2. The fourth-order valence-electron chi connectivity index (χ4n) is 16.8. The van der Waals surface area contributed by atoms with Crippen molar-refractivity contribution in [2.24, 2.45) is 11.5 Å². The quantitative estimate of drug-likeness (QED) is 0.0271. The number of benzene rings is 3. The summed E-state index contributed by atoms with van der Waals surface area (Å²) >= 11 is 0.701. The van der Waals surface area contributed by atoms with Crippen molar-refractivity contribution in [2.45, 2.75) is 233 Å². The summed E-state index contributed by atoms with van der Waals surface area (Å²) in [5.74, 6) is -22.4. The number of carboxylic acids is 3. The molecule has 45 heteroatoms. The van der Waals surface area contributed by atoms with Gasteiger partial charge in [-0.2, -0.15) is 0 Å². The number of aromatic nitrogens is 2. The molecule has 16 amide bonds. The van der Waals surface area contributed by atoms with Crippen LogP contribution in [0.5, 0.6) is 5.75 Å². The Balaban J connectivity index is 1.09. The lowest BCUT2D eigenvalue weighted by Crippen LogP contribution is -2.62. The van der Waals surface area contributed by atoms with Crippen molar-refractivity contribution in [3.05, 3.63) is 102 Å². The van der Waals surface area contributed by atoms with Crippen molar-refractivity contribution in [3.8, 4) is 5.75 Å². The Morgan fingerprint density at radius 1 is 0.489 bits per heavy atom. The van der Waals surface area contributed by atoms with E-state index in [9.17, 15) is 83.4 Å². The monoisotopic (exact) mass is 1870 g/mol. The average molecular weight is 1880 g/mol. The smallest absolute Gasteiger partial charge is 0.305 e. The number of hydrogen-bond acceptors (Lipinski definition) is 24. The van der Waals surface area contributed by atoms with Crippen LogP contribution in [-0.2, 0) is 110 Å². The van der Waals surface area contributed by atoms with Gasteiger partial charge in [-0.15, -0.1) is 11.8 Å². The second kappa shape index (κ2) is 49.3. The van der Waals surface area contributed by atoms with Crippen molar-refractivity contribution in [1.82, 2.24) is 87.6 Å². The number of nitrogens with one attached hydrogen (secondary N) is 12. The van der Waals surface area contributed by atoms with Crippen LogP contribution >= 0.6 is 11.8 Å². The standard InChI is InChI=1S/C88H119N19O25S/c1-5-7-20-65-80(124)95-56(28-30-72(113)114)76(120)102-64(75(119)93-42-70(90)111)45-133-46-71(112)94-59(34-47-24-26-50(109)27-25-47)86(130)105-32-14-13-22-66(105)81(125)99-61(38-74(117)118)87(131)106-33-15-23-67(106)82(126)100-62(39-89)78(122)96-57(29-31-73(115)116)85(129)107-43-51(110)37-69(107)83(127)97-58(35-48-40-91-54-18-11-9-16-52(48)54)77(121)101-63(44-108)79(123)98-60(36-49-41-92-55-19-12-10-17-53(49)55)84(128)104(4)68(21-8-6-2)88(132)103(65)3/h9-12,16-19,24-27,40-41,51,56-69,91-92,108-110H,5-8,13-15,20-23,28-39,42-46,89H2,1-4H3,(H2,90,111)(H,93,119)(H,94,112)(H,95,124)(H,96,122)(H,97,127)(H,98,123)(H,99,125)(H,100,126)(H,101,121)(H,102,120)(H,113,114)(H,115,116)(H,117,118)/t51-,56+,57+,58+,59+,60+,61+,62+,63+,64+,65+,66+,67+,68+,69+/m1/s1. The fourth-order valence-corrected chi connectivity index (χ4v) is 17.6. The van der Waals surface area contributed by atoms with Crippen LogP contribution < -0.4 is 64.6 Å². The zero-order valence-corrected chi connectivity index (χ0v) is 75.1. The molecule has 15 atom stereocenters. The Hall–Kier alpha value is -13.3. The number of amides is 16. The summed E-state index contributed by atoms with van der Waals surface area (Å²) in [6.07, 6.45) is -2.07. The second-order valence-electron chi connectivity index (χ2n) is 33.5. The molecule has 4 saturated heterocycles. The van der Waals surface area contributed by atoms with Gasteiger partial charge in [0.2, 0.25) is 94.5 Å². The van der Waals surface area contributed by atoms with Gasteiger partial charge < -0.3 is 130 Å². The highest BCUT2D eigenvalue weighted by Crippen LogP contribution is 2.29. The van der Waals surface area contributed by atoms with Crippen molar-refractivity contribution >= 4 is 146 Å². The van der Waals surface area contributed by atoms with E-state index < -0.39 is 279 Å². The van der Waals surface area contributed by atoms with Gasteiger partial charge in [-0.25, -0.2) is 0 Å². The molecule has 44 nitrogen and oxygen atoms in total. The minimum Gasteiger partial charge on any atom is -0.508 e. The van der Waals surface area contributed by atoms with Crippen LogP contribution in [0.3, 0.4) is 0 Å². The van der Waals surface area contributed by atoms with Crippen molar-refractivity contribution in [3.63, 3.8) is 0 Å². The molecule has 0 unspecified atom stereocenters. The van der Waals surface area contributed by atoms with Crippen LogP contribution in [0.25, 0.3) is 21.8 Å². The number of phenols is 1. The lowest BCUT2D eigenvalue weighted by molar-refractivity contribution is -0.149. The van der Waals surface area contributed by atoms with E-state index in [0.29, 0.717) is 75.9 Å². The van der Waals surface area contributed by atoms with Gasteiger partial charge in [-0.1, -0.05) is 88.1 Å². The van der Waals surface area contributed by atoms with E-state index in [-0.39, 0.29) is 83.0 Å². The van der Waals surface area contributed by atoms with Gasteiger partial charge in [0.1, 0.15) is 90.3 Å². The number of rotatable bonds is 25.